The second kappa shape index (κ2) is 7.22. The number of benzene rings is 1. The topological polar surface area (TPSA) is 76.1 Å². The molecular formula is C16H15F3N2O3S. The number of hydrogen-bond donors (Lipinski definition) is 1. The minimum Gasteiger partial charge on any atom is -0.351 e. The van der Waals surface area contributed by atoms with Crippen molar-refractivity contribution in [3.63, 3.8) is 0 Å². The lowest BCUT2D eigenvalue weighted by Gasteiger charge is -2.08. The first-order valence-electron chi connectivity index (χ1n) is 7.16. The monoisotopic (exact) mass is 372 g/mol. The summed E-state index contributed by atoms with van der Waals surface area (Å²) in [5.41, 5.74) is 0.229. The molecule has 1 amide bonds. The lowest BCUT2D eigenvalue weighted by molar-refractivity contribution is -0.141. The third-order valence-corrected chi connectivity index (χ3v) is 4.22. The molecule has 5 nitrogen and oxygen atoms in total. The van der Waals surface area contributed by atoms with Crippen molar-refractivity contribution in [2.75, 3.05) is 18.6 Å². The van der Waals surface area contributed by atoms with E-state index in [4.69, 9.17) is 0 Å². The van der Waals surface area contributed by atoms with Crippen molar-refractivity contribution in [3.8, 4) is 11.1 Å². The maximum absolute atomic E-state index is 12.5. The summed E-state index contributed by atoms with van der Waals surface area (Å²) in [6.07, 6.45) is -2.36. The fourth-order valence-corrected chi connectivity index (χ4v) is 2.50. The van der Waals surface area contributed by atoms with Gasteiger partial charge in [-0.2, -0.15) is 13.2 Å². The zero-order chi connectivity index (χ0) is 18.7. The molecule has 1 N–H and O–H groups in total. The van der Waals surface area contributed by atoms with E-state index in [1.54, 1.807) is 12.1 Å². The van der Waals surface area contributed by atoms with Gasteiger partial charge in [0.2, 0.25) is 0 Å². The lowest BCUT2D eigenvalue weighted by atomic mass is 10.0. The average Bonchev–Trinajstić information content (AvgIpc) is 2.53. The molecule has 0 radical (unpaired) electrons. The standard InChI is InChI=1S/C16H15F3N2O3S/c1-25(23,24)8-7-20-15(22)12-4-2-3-11(9-12)13-5-6-14(21-10-13)16(17,18)19/h2-6,9-10H,7-8H2,1H3,(H,20,22). The summed E-state index contributed by atoms with van der Waals surface area (Å²) in [7, 11) is -3.18. The second-order valence-corrected chi connectivity index (χ2v) is 7.66. The second-order valence-electron chi connectivity index (χ2n) is 5.40. The Bertz CT molecular complexity index is 863. The molecule has 0 bridgehead atoms. The van der Waals surface area contributed by atoms with Crippen LogP contribution in [0.2, 0.25) is 0 Å². The summed E-state index contributed by atoms with van der Waals surface area (Å²) < 4.78 is 59.7. The predicted octanol–water partition coefficient (Wildman–Crippen LogP) is 2.54. The largest absolute Gasteiger partial charge is 0.433 e. The van der Waals surface area contributed by atoms with Gasteiger partial charge in [-0.1, -0.05) is 18.2 Å². The predicted molar refractivity (Wildman–Crippen MR) is 86.7 cm³/mol. The molecule has 0 aliphatic heterocycles. The molecule has 25 heavy (non-hydrogen) atoms. The number of nitrogens with zero attached hydrogens (tertiary/aromatic N) is 1. The van der Waals surface area contributed by atoms with Gasteiger partial charge in [0.25, 0.3) is 5.91 Å². The minimum atomic E-state index is -4.51. The molecule has 2 rings (SSSR count). The molecular weight excluding hydrogens is 357 g/mol. The molecule has 0 fully saturated rings. The van der Waals surface area contributed by atoms with Crippen LogP contribution in [-0.2, 0) is 16.0 Å². The van der Waals surface area contributed by atoms with Crippen LogP contribution in [0.3, 0.4) is 0 Å². The summed E-state index contributed by atoms with van der Waals surface area (Å²) in [4.78, 5) is 15.4. The van der Waals surface area contributed by atoms with E-state index in [9.17, 15) is 26.4 Å². The Labute approximate surface area is 142 Å². The van der Waals surface area contributed by atoms with Crippen LogP contribution >= 0.6 is 0 Å². The van der Waals surface area contributed by atoms with Crippen LogP contribution in [0.5, 0.6) is 0 Å². The van der Waals surface area contributed by atoms with Gasteiger partial charge < -0.3 is 5.32 Å². The van der Waals surface area contributed by atoms with E-state index in [2.05, 4.69) is 10.3 Å². The number of halogens is 3. The van der Waals surface area contributed by atoms with E-state index in [0.29, 0.717) is 11.1 Å². The fourth-order valence-electron chi connectivity index (χ4n) is 2.02. The maximum Gasteiger partial charge on any atom is 0.433 e. The van der Waals surface area contributed by atoms with Crippen LogP contribution in [0.4, 0.5) is 13.2 Å². The molecule has 0 saturated heterocycles. The molecule has 0 spiro atoms. The van der Waals surface area contributed by atoms with E-state index in [-0.39, 0.29) is 17.9 Å². The molecule has 0 unspecified atom stereocenters. The van der Waals surface area contributed by atoms with Gasteiger partial charge in [-0.3, -0.25) is 9.78 Å². The Balaban J connectivity index is 2.14. The van der Waals surface area contributed by atoms with Crippen LogP contribution in [-0.4, -0.2) is 37.9 Å². The van der Waals surface area contributed by atoms with Crippen molar-refractivity contribution >= 4 is 15.7 Å². The van der Waals surface area contributed by atoms with E-state index in [0.717, 1.165) is 18.5 Å². The Morgan fingerprint density at radius 2 is 1.88 bits per heavy atom. The summed E-state index contributed by atoms with van der Waals surface area (Å²) in [6, 6.07) is 8.39. The molecule has 0 aliphatic rings. The van der Waals surface area contributed by atoms with Gasteiger partial charge in [0.15, 0.2) is 0 Å². The van der Waals surface area contributed by atoms with E-state index in [1.807, 2.05) is 0 Å². The molecule has 0 saturated carbocycles. The van der Waals surface area contributed by atoms with Crippen molar-refractivity contribution in [3.05, 3.63) is 53.9 Å². The third-order valence-electron chi connectivity index (χ3n) is 3.27. The van der Waals surface area contributed by atoms with Crippen molar-refractivity contribution in [2.24, 2.45) is 0 Å². The number of rotatable bonds is 5. The SMILES string of the molecule is CS(=O)(=O)CCNC(=O)c1cccc(-c2ccc(C(F)(F)F)nc2)c1. The normalized spacial score (nSPS) is 12.0. The number of nitrogens with one attached hydrogen (secondary N) is 1. The molecule has 1 aromatic heterocycles. The Morgan fingerprint density at radius 3 is 2.44 bits per heavy atom. The van der Waals surface area contributed by atoms with Gasteiger partial charge in [0.05, 0.1) is 5.75 Å². The summed E-state index contributed by atoms with van der Waals surface area (Å²) in [5.74, 6) is -0.647. The minimum absolute atomic E-state index is 0.0241. The van der Waals surface area contributed by atoms with Crippen LogP contribution in [0.1, 0.15) is 16.1 Å². The Morgan fingerprint density at radius 1 is 1.16 bits per heavy atom. The van der Waals surface area contributed by atoms with Crippen molar-refractivity contribution in [2.45, 2.75) is 6.18 Å². The molecule has 134 valence electrons. The first kappa shape index (κ1) is 18.9. The Hall–Kier alpha value is -2.42. The maximum atomic E-state index is 12.5. The highest BCUT2D eigenvalue weighted by molar-refractivity contribution is 7.90. The van der Waals surface area contributed by atoms with E-state index in [1.165, 1.54) is 18.2 Å². The number of alkyl halides is 3. The first-order chi connectivity index (χ1) is 11.6. The molecule has 0 aliphatic carbocycles. The zero-order valence-electron chi connectivity index (χ0n) is 13.2. The van der Waals surface area contributed by atoms with Crippen LogP contribution < -0.4 is 5.32 Å². The van der Waals surface area contributed by atoms with Gasteiger partial charge in [0.1, 0.15) is 15.5 Å². The van der Waals surface area contributed by atoms with E-state index < -0.39 is 27.6 Å². The van der Waals surface area contributed by atoms with Crippen LogP contribution in [0.25, 0.3) is 11.1 Å². The fraction of sp³-hybridized carbons (Fsp3) is 0.250. The van der Waals surface area contributed by atoms with E-state index >= 15 is 0 Å². The van der Waals surface area contributed by atoms with Gasteiger partial charge in [0, 0.05) is 30.1 Å². The third kappa shape index (κ3) is 5.56. The van der Waals surface area contributed by atoms with Gasteiger partial charge in [-0.15, -0.1) is 0 Å². The highest BCUT2D eigenvalue weighted by Crippen LogP contribution is 2.29. The van der Waals surface area contributed by atoms with Crippen LogP contribution in [0, 0.1) is 0 Å². The highest BCUT2D eigenvalue weighted by atomic mass is 32.2. The number of pyridine rings is 1. The Kier molecular flexibility index (Phi) is 5.46. The smallest absolute Gasteiger partial charge is 0.351 e. The van der Waals surface area contributed by atoms with Crippen LogP contribution in [0.15, 0.2) is 42.6 Å². The molecule has 1 heterocycles. The number of aromatic nitrogens is 1. The summed E-state index contributed by atoms with van der Waals surface area (Å²) >= 11 is 0. The zero-order valence-corrected chi connectivity index (χ0v) is 14.0. The number of sulfone groups is 1. The molecule has 9 heteroatoms. The van der Waals surface area contributed by atoms with Gasteiger partial charge in [-0.05, 0) is 23.8 Å². The van der Waals surface area contributed by atoms with Gasteiger partial charge >= 0.3 is 6.18 Å². The number of carbonyl (C=O) groups is 1. The van der Waals surface area contributed by atoms with Crippen molar-refractivity contribution in [1.82, 2.24) is 10.3 Å². The highest BCUT2D eigenvalue weighted by Gasteiger charge is 2.32. The molecule has 1 aromatic carbocycles. The first-order valence-corrected chi connectivity index (χ1v) is 9.22. The quantitative estimate of drug-likeness (QED) is 0.875. The lowest BCUT2D eigenvalue weighted by Crippen LogP contribution is -2.28. The average molecular weight is 372 g/mol. The molecule has 0 atom stereocenters. The molecule has 2 aromatic rings. The van der Waals surface area contributed by atoms with Crippen molar-refractivity contribution in [1.29, 1.82) is 0 Å². The van der Waals surface area contributed by atoms with Gasteiger partial charge in [-0.25, -0.2) is 8.42 Å². The number of carbonyl (C=O) groups excluding carboxylic acids is 1. The van der Waals surface area contributed by atoms with Crippen molar-refractivity contribution < 1.29 is 26.4 Å². The number of hydrogen-bond acceptors (Lipinski definition) is 4. The summed E-state index contributed by atoms with van der Waals surface area (Å²) in [6.45, 7) is -0.0241. The number of amides is 1. The summed E-state index contributed by atoms with van der Waals surface area (Å²) in [5, 5.41) is 2.48.